The number of nitrogens with one attached hydrogen (secondary N) is 2. The van der Waals surface area contributed by atoms with Crippen LogP contribution in [-0.4, -0.2) is 54.6 Å². The van der Waals surface area contributed by atoms with Crippen molar-refractivity contribution < 1.29 is 33.7 Å². The van der Waals surface area contributed by atoms with Gasteiger partial charge in [0, 0.05) is 17.5 Å². The predicted molar refractivity (Wildman–Crippen MR) is 101 cm³/mol. The average Bonchev–Trinajstić information content (AvgIpc) is 2.53. The van der Waals surface area contributed by atoms with Crippen LogP contribution in [0.25, 0.3) is 0 Å². The molecule has 9 heteroatoms. The van der Waals surface area contributed by atoms with Gasteiger partial charge in [-0.2, -0.15) is 0 Å². The summed E-state index contributed by atoms with van der Waals surface area (Å²) >= 11 is 0. The third kappa shape index (κ3) is 5.72. The van der Waals surface area contributed by atoms with E-state index >= 15 is 0 Å². The van der Waals surface area contributed by atoms with Crippen molar-refractivity contribution >= 4 is 17.9 Å². The summed E-state index contributed by atoms with van der Waals surface area (Å²) in [6.07, 6.45) is 1.21. The molecule has 28 heavy (non-hydrogen) atoms. The Balaban J connectivity index is 3.41. The first kappa shape index (κ1) is 23.5. The van der Waals surface area contributed by atoms with Crippen LogP contribution in [0.2, 0.25) is 0 Å². The summed E-state index contributed by atoms with van der Waals surface area (Å²) in [6, 6.07) is -0.986. The highest BCUT2D eigenvalue weighted by molar-refractivity contribution is 5.93. The van der Waals surface area contributed by atoms with E-state index in [4.69, 9.17) is 14.2 Å². The number of rotatable bonds is 8. The third-order valence-corrected chi connectivity index (χ3v) is 4.13. The minimum atomic E-state index is -1.70. The summed E-state index contributed by atoms with van der Waals surface area (Å²) in [6.45, 7) is 10.0. The third-order valence-electron chi connectivity index (χ3n) is 4.13. The SMILES string of the molecule is CCOC(=O)/C=C(\C)NC1C(C(=O)OCC)=C(C)NC(C)(O)C1C(=O)OCC. The second-order valence-electron chi connectivity index (χ2n) is 6.46. The summed E-state index contributed by atoms with van der Waals surface area (Å²) in [5.74, 6) is -3.09. The fourth-order valence-electron chi connectivity index (χ4n) is 3.14. The second-order valence-corrected chi connectivity index (χ2v) is 6.46. The Morgan fingerprint density at radius 3 is 2.25 bits per heavy atom. The van der Waals surface area contributed by atoms with E-state index < -0.39 is 35.6 Å². The van der Waals surface area contributed by atoms with E-state index in [0.29, 0.717) is 11.4 Å². The van der Waals surface area contributed by atoms with Crippen LogP contribution < -0.4 is 10.6 Å². The Bertz CT molecular complexity index is 667. The lowest BCUT2D eigenvalue weighted by Gasteiger charge is -2.43. The molecule has 0 bridgehead atoms. The minimum Gasteiger partial charge on any atom is -0.466 e. The number of allylic oxidation sites excluding steroid dienone is 2. The van der Waals surface area contributed by atoms with E-state index in [9.17, 15) is 19.5 Å². The van der Waals surface area contributed by atoms with Crippen LogP contribution in [0.5, 0.6) is 0 Å². The van der Waals surface area contributed by atoms with Gasteiger partial charge in [0.2, 0.25) is 0 Å². The Kier molecular flexibility index (Phi) is 8.49. The fourth-order valence-corrected chi connectivity index (χ4v) is 3.14. The standard InChI is InChI=1S/C19H30N2O7/c1-7-26-13(22)10-11(4)20-16-14(17(23)27-8-2)12(5)21-19(6,25)15(16)18(24)28-9-3/h10,15-16,20-21,25H,7-9H2,1-6H3/b11-10+. The molecule has 0 aromatic rings. The first-order valence-electron chi connectivity index (χ1n) is 9.25. The van der Waals surface area contributed by atoms with Crippen LogP contribution in [0, 0.1) is 5.92 Å². The minimum absolute atomic E-state index is 0.104. The first-order valence-corrected chi connectivity index (χ1v) is 9.25. The zero-order chi connectivity index (χ0) is 21.5. The molecular weight excluding hydrogens is 368 g/mol. The van der Waals surface area contributed by atoms with Crippen LogP contribution >= 0.6 is 0 Å². The highest BCUT2D eigenvalue weighted by Gasteiger charge is 2.51. The monoisotopic (exact) mass is 398 g/mol. The van der Waals surface area contributed by atoms with Crippen molar-refractivity contribution in [3.63, 3.8) is 0 Å². The summed E-state index contributed by atoms with van der Waals surface area (Å²) in [4.78, 5) is 36.9. The van der Waals surface area contributed by atoms with Crippen LogP contribution in [-0.2, 0) is 28.6 Å². The summed E-state index contributed by atoms with van der Waals surface area (Å²) < 4.78 is 15.1. The zero-order valence-corrected chi connectivity index (χ0v) is 17.3. The van der Waals surface area contributed by atoms with Crippen molar-refractivity contribution in [1.29, 1.82) is 0 Å². The Hall–Kier alpha value is -2.55. The zero-order valence-electron chi connectivity index (χ0n) is 17.3. The van der Waals surface area contributed by atoms with Crippen LogP contribution in [0.4, 0.5) is 0 Å². The largest absolute Gasteiger partial charge is 0.466 e. The van der Waals surface area contributed by atoms with E-state index in [2.05, 4.69) is 10.6 Å². The average molecular weight is 398 g/mol. The van der Waals surface area contributed by atoms with E-state index in [1.165, 1.54) is 13.0 Å². The number of ether oxygens (including phenoxy) is 3. The molecule has 1 aliphatic heterocycles. The quantitative estimate of drug-likeness (QED) is 0.308. The van der Waals surface area contributed by atoms with E-state index in [0.717, 1.165) is 0 Å². The molecule has 1 aliphatic rings. The molecule has 0 aromatic heterocycles. The number of hydrogen-bond acceptors (Lipinski definition) is 9. The fraction of sp³-hybridized carbons (Fsp3) is 0.632. The normalized spacial score (nSPS) is 24.9. The highest BCUT2D eigenvalue weighted by atomic mass is 16.5. The van der Waals surface area contributed by atoms with Crippen LogP contribution in [0.15, 0.2) is 23.0 Å². The number of carbonyl (C=O) groups excluding carboxylic acids is 3. The molecule has 3 N–H and O–H groups in total. The highest BCUT2D eigenvalue weighted by Crippen LogP contribution is 2.33. The molecular formula is C19H30N2O7. The van der Waals surface area contributed by atoms with Gasteiger partial charge in [0.15, 0.2) is 0 Å². The van der Waals surface area contributed by atoms with Gasteiger partial charge in [-0.3, -0.25) is 4.79 Å². The van der Waals surface area contributed by atoms with Crippen molar-refractivity contribution in [2.75, 3.05) is 19.8 Å². The topological polar surface area (TPSA) is 123 Å². The second kappa shape index (κ2) is 10.1. The molecule has 0 radical (unpaired) electrons. The van der Waals surface area contributed by atoms with Crippen molar-refractivity contribution in [1.82, 2.24) is 10.6 Å². The lowest BCUT2D eigenvalue weighted by atomic mass is 9.80. The molecule has 9 nitrogen and oxygen atoms in total. The van der Waals surface area contributed by atoms with Gasteiger partial charge in [0.25, 0.3) is 0 Å². The number of aliphatic hydroxyl groups is 1. The van der Waals surface area contributed by atoms with Gasteiger partial charge < -0.3 is 30.0 Å². The van der Waals surface area contributed by atoms with E-state index in [1.54, 1.807) is 34.6 Å². The Morgan fingerprint density at radius 2 is 1.71 bits per heavy atom. The molecule has 1 heterocycles. The lowest BCUT2D eigenvalue weighted by molar-refractivity contribution is -0.162. The first-order chi connectivity index (χ1) is 13.1. The van der Waals surface area contributed by atoms with Crippen molar-refractivity contribution in [3.05, 3.63) is 23.0 Å². The number of esters is 3. The maximum atomic E-state index is 12.6. The van der Waals surface area contributed by atoms with Gasteiger partial charge in [-0.25, -0.2) is 9.59 Å². The Labute approximate surface area is 165 Å². The molecule has 0 spiro atoms. The summed E-state index contributed by atoms with van der Waals surface area (Å²) in [7, 11) is 0. The van der Waals surface area contributed by atoms with Gasteiger partial charge in [0.05, 0.1) is 31.4 Å². The summed E-state index contributed by atoms with van der Waals surface area (Å²) in [5, 5.41) is 16.6. The van der Waals surface area contributed by atoms with E-state index in [1.807, 2.05) is 0 Å². The van der Waals surface area contributed by atoms with Crippen molar-refractivity contribution in [2.45, 2.75) is 53.3 Å². The predicted octanol–water partition coefficient (Wildman–Crippen LogP) is 0.740. The molecule has 158 valence electrons. The lowest BCUT2D eigenvalue weighted by Crippen LogP contribution is -2.63. The molecule has 0 saturated heterocycles. The van der Waals surface area contributed by atoms with Gasteiger partial charge >= 0.3 is 17.9 Å². The molecule has 0 amide bonds. The molecule has 0 fully saturated rings. The molecule has 0 aliphatic carbocycles. The van der Waals surface area contributed by atoms with Gasteiger partial charge in [-0.15, -0.1) is 0 Å². The van der Waals surface area contributed by atoms with Gasteiger partial charge in [0.1, 0.15) is 11.6 Å². The van der Waals surface area contributed by atoms with Crippen molar-refractivity contribution in [2.24, 2.45) is 5.92 Å². The van der Waals surface area contributed by atoms with Crippen LogP contribution in [0.1, 0.15) is 41.5 Å². The van der Waals surface area contributed by atoms with Crippen molar-refractivity contribution in [3.8, 4) is 0 Å². The van der Waals surface area contributed by atoms with Gasteiger partial charge in [-0.1, -0.05) is 0 Å². The maximum Gasteiger partial charge on any atom is 0.337 e. The molecule has 3 atom stereocenters. The maximum absolute atomic E-state index is 12.6. The Morgan fingerprint density at radius 1 is 1.14 bits per heavy atom. The number of hydrogen-bond donors (Lipinski definition) is 3. The molecule has 0 aromatic carbocycles. The molecule has 0 saturated carbocycles. The van der Waals surface area contributed by atoms with Crippen LogP contribution in [0.3, 0.4) is 0 Å². The summed E-state index contributed by atoms with van der Waals surface area (Å²) in [5.41, 5.74) is -0.854. The molecule has 1 rings (SSSR count). The smallest absolute Gasteiger partial charge is 0.337 e. The number of carbonyl (C=O) groups is 3. The van der Waals surface area contributed by atoms with E-state index in [-0.39, 0.29) is 25.4 Å². The van der Waals surface area contributed by atoms with Gasteiger partial charge in [-0.05, 0) is 41.5 Å². The molecule has 3 unspecified atom stereocenters.